The smallest absolute Gasteiger partial charge is 0.292 e. The van der Waals surface area contributed by atoms with Gasteiger partial charge in [0.1, 0.15) is 5.69 Å². The van der Waals surface area contributed by atoms with E-state index in [-0.39, 0.29) is 11.8 Å². The van der Waals surface area contributed by atoms with Crippen molar-refractivity contribution in [2.45, 2.75) is 19.6 Å². The summed E-state index contributed by atoms with van der Waals surface area (Å²) in [5.74, 6) is 0. The SMILES string of the molecule is CNc1ccc(COC(C)c2ccccc2)cc1[N+](=O)[O-]. The number of hydrogen-bond donors (Lipinski definition) is 1. The Morgan fingerprint density at radius 3 is 2.57 bits per heavy atom. The largest absolute Gasteiger partial charge is 0.383 e. The second-order valence-electron chi connectivity index (χ2n) is 4.72. The van der Waals surface area contributed by atoms with E-state index in [1.54, 1.807) is 19.2 Å². The Morgan fingerprint density at radius 1 is 1.24 bits per heavy atom. The molecule has 0 aliphatic carbocycles. The zero-order chi connectivity index (χ0) is 15.2. The summed E-state index contributed by atoms with van der Waals surface area (Å²) in [5.41, 5.74) is 2.42. The molecule has 21 heavy (non-hydrogen) atoms. The van der Waals surface area contributed by atoms with Gasteiger partial charge in [0.2, 0.25) is 0 Å². The molecule has 0 heterocycles. The van der Waals surface area contributed by atoms with Gasteiger partial charge >= 0.3 is 0 Å². The van der Waals surface area contributed by atoms with Crippen molar-refractivity contribution in [3.05, 3.63) is 69.8 Å². The zero-order valence-corrected chi connectivity index (χ0v) is 12.1. The number of nitro groups is 1. The maximum Gasteiger partial charge on any atom is 0.292 e. The first-order valence-corrected chi connectivity index (χ1v) is 6.73. The van der Waals surface area contributed by atoms with Crippen molar-refractivity contribution in [2.24, 2.45) is 0 Å². The van der Waals surface area contributed by atoms with Gasteiger partial charge in [-0.1, -0.05) is 36.4 Å². The number of anilines is 1. The van der Waals surface area contributed by atoms with Crippen molar-refractivity contribution < 1.29 is 9.66 Å². The van der Waals surface area contributed by atoms with E-state index in [2.05, 4.69) is 5.32 Å². The number of nitro benzene ring substituents is 1. The minimum Gasteiger partial charge on any atom is -0.383 e. The molecule has 1 N–H and O–H groups in total. The van der Waals surface area contributed by atoms with Crippen molar-refractivity contribution >= 4 is 11.4 Å². The fraction of sp³-hybridized carbons (Fsp3) is 0.250. The first-order valence-electron chi connectivity index (χ1n) is 6.73. The van der Waals surface area contributed by atoms with E-state index in [4.69, 9.17) is 4.74 Å². The van der Waals surface area contributed by atoms with Gasteiger partial charge < -0.3 is 10.1 Å². The summed E-state index contributed by atoms with van der Waals surface area (Å²) in [4.78, 5) is 10.6. The highest BCUT2D eigenvalue weighted by Crippen LogP contribution is 2.26. The molecule has 0 amide bonds. The fourth-order valence-corrected chi connectivity index (χ4v) is 2.07. The van der Waals surface area contributed by atoms with E-state index < -0.39 is 4.92 Å². The normalized spacial score (nSPS) is 11.9. The van der Waals surface area contributed by atoms with E-state index in [9.17, 15) is 10.1 Å². The average Bonchev–Trinajstić information content (AvgIpc) is 2.53. The number of nitrogens with zero attached hydrogens (tertiary/aromatic N) is 1. The fourth-order valence-electron chi connectivity index (χ4n) is 2.07. The summed E-state index contributed by atoms with van der Waals surface area (Å²) < 4.78 is 5.78. The quantitative estimate of drug-likeness (QED) is 0.646. The van der Waals surface area contributed by atoms with Gasteiger partial charge in [-0.15, -0.1) is 0 Å². The molecule has 0 aliphatic heterocycles. The molecule has 2 rings (SSSR count). The Kier molecular flexibility index (Phi) is 4.90. The third-order valence-corrected chi connectivity index (χ3v) is 3.30. The van der Waals surface area contributed by atoms with Crippen LogP contribution in [-0.2, 0) is 11.3 Å². The average molecular weight is 286 g/mol. The van der Waals surface area contributed by atoms with Crippen molar-refractivity contribution in [2.75, 3.05) is 12.4 Å². The van der Waals surface area contributed by atoms with Gasteiger partial charge in [0.05, 0.1) is 17.6 Å². The van der Waals surface area contributed by atoms with Crippen molar-refractivity contribution in [1.29, 1.82) is 0 Å². The molecule has 1 atom stereocenters. The van der Waals surface area contributed by atoms with Crippen LogP contribution in [0.4, 0.5) is 11.4 Å². The van der Waals surface area contributed by atoms with Gasteiger partial charge in [-0.3, -0.25) is 10.1 Å². The molecule has 110 valence electrons. The molecule has 0 aromatic heterocycles. The highest BCUT2D eigenvalue weighted by Gasteiger charge is 2.14. The molecule has 0 spiro atoms. The van der Waals surface area contributed by atoms with E-state index >= 15 is 0 Å². The molecule has 0 saturated carbocycles. The molecule has 0 fully saturated rings. The molecular weight excluding hydrogens is 268 g/mol. The lowest BCUT2D eigenvalue weighted by Crippen LogP contribution is -2.02. The standard InChI is InChI=1S/C16H18N2O3/c1-12(14-6-4-3-5-7-14)21-11-13-8-9-15(17-2)16(10-13)18(19)20/h3-10,12,17H,11H2,1-2H3. The second-order valence-corrected chi connectivity index (χ2v) is 4.72. The molecular formula is C16H18N2O3. The predicted molar refractivity (Wildman–Crippen MR) is 82.3 cm³/mol. The summed E-state index contributed by atoms with van der Waals surface area (Å²) in [5, 5.41) is 13.8. The summed E-state index contributed by atoms with van der Waals surface area (Å²) >= 11 is 0. The Morgan fingerprint density at radius 2 is 1.95 bits per heavy atom. The third kappa shape index (κ3) is 3.79. The monoisotopic (exact) mass is 286 g/mol. The molecule has 0 saturated heterocycles. The molecule has 2 aromatic rings. The van der Waals surface area contributed by atoms with Crippen molar-refractivity contribution in [1.82, 2.24) is 0 Å². The summed E-state index contributed by atoms with van der Waals surface area (Å²) in [6, 6.07) is 14.9. The van der Waals surface area contributed by atoms with Crippen LogP contribution in [0.1, 0.15) is 24.2 Å². The number of nitrogens with one attached hydrogen (secondary N) is 1. The highest BCUT2D eigenvalue weighted by molar-refractivity contribution is 5.62. The summed E-state index contributed by atoms with van der Waals surface area (Å²) in [6.07, 6.45) is -0.0609. The maximum absolute atomic E-state index is 11.0. The topological polar surface area (TPSA) is 64.4 Å². The highest BCUT2D eigenvalue weighted by atomic mass is 16.6. The number of rotatable bonds is 6. The Labute approximate surface area is 123 Å². The molecule has 0 aliphatic rings. The number of ether oxygens (including phenoxy) is 1. The van der Waals surface area contributed by atoms with Crippen LogP contribution in [0.2, 0.25) is 0 Å². The van der Waals surface area contributed by atoms with E-state index in [1.807, 2.05) is 43.3 Å². The Bertz CT molecular complexity index is 614. The molecule has 1 unspecified atom stereocenters. The number of benzene rings is 2. The lowest BCUT2D eigenvalue weighted by atomic mass is 10.1. The zero-order valence-electron chi connectivity index (χ0n) is 12.1. The first-order chi connectivity index (χ1) is 10.1. The van der Waals surface area contributed by atoms with E-state index in [0.717, 1.165) is 11.1 Å². The van der Waals surface area contributed by atoms with Gasteiger partial charge in [-0.05, 0) is 24.1 Å². The van der Waals surface area contributed by atoms with Gasteiger partial charge in [0, 0.05) is 13.1 Å². The number of hydrogen-bond acceptors (Lipinski definition) is 4. The van der Waals surface area contributed by atoms with E-state index in [0.29, 0.717) is 12.3 Å². The maximum atomic E-state index is 11.0. The van der Waals surface area contributed by atoms with Crippen LogP contribution in [0.5, 0.6) is 0 Å². The first kappa shape index (κ1) is 15.0. The van der Waals surface area contributed by atoms with Crippen LogP contribution in [0.3, 0.4) is 0 Å². The summed E-state index contributed by atoms with van der Waals surface area (Å²) in [7, 11) is 1.66. The van der Waals surface area contributed by atoms with Crippen LogP contribution in [-0.4, -0.2) is 12.0 Å². The van der Waals surface area contributed by atoms with Crippen LogP contribution in [0.25, 0.3) is 0 Å². The van der Waals surface area contributed by atoms with Gasteiger partial charge in [0.25, 0.3) is 5.69 Å². The Balaban J connectivity index is 2.07. The molecule has 0 radical (unpaired) electrons. The van der Waals surface area contributed by atoms with Crippen LogP contribution < -0.4 is 5.32 Å². The Hall–Kier alpha value is -2.40. The molecule has 0 bridgehead atoms. The predicted octanol–water partition coefficient (Wildman–Crippen LogP) is 3.91. The second kappa shape index (κ2) is 6.85. The molecule has 5 heteroatoms. The third-order valence-electron chi connectivity index (χ3n) is 3.30. The minimum atomic E-state index is -0.393. The molecule has 2 aromatic carbocycles. The lowest BCUT2D eigenvalue weighted by molar-refractivity contribution is -0.384. The lowest BCUT2D eigenvalue weighted by Gasteiger charge is -2.13. The van der Waals surface area contributed by atoms with Crippen LogP contribution >= 0.6 is 0 Å². The minimum absolute atomic E-state index is 0.0609. The molecule has 5 nitrogen and oxygen atoms in total. The van der Waals surface area contributed by atoms with E-state index in [1.165, 1.54) is 0 Å². The van der Waals surface area contributed by atoms with Gasteiger partial charge in [-0.25, -0.2) is 0 Å². The van der Waals surface area contributed by atoms with Crippen molar-refractivity contribution in [3.63, 3.8) is 0 Å². The van der Waals surface area contributed by atoms with Gasteiger partial charge in [0.15, 0.2) is 0 Å². The van der Waals surface area contributed by atoms with Crippen LogP contribution in [0.15, 0.2) is 48.5 Å². The van der Waals surface area contributed by atoms with Crippen molar-refractivity contribution in [3.8, 4) is 0 Å². The summed E-state index contributed by atoms with van der Waals surface area (Å²) in [6.45, 7) is 2.30. The van der Waals surface area contributed by atoms with Crippen LogP contribution in [0, 0.1) is 10.1 Å². The van der Waals surface area contributed by atoms with Gasteiger partial charge in [-0.2, -0.15) is 0 Å².